The van der Waals surface area contributed by atoms with Gasteiger partial charge >= 0.3 is 0 Å². The molecule has 5 heteroatoms. The van der Waals surface area contributed by atoms with Gasteiger partial charge in [-0.15, -0.1) is 0 Å². The van der Waals surface area contributed by atoms with E-state index in [1.165, 1.54) is 0 Å². The third-order valence-electron chi connectivity index (χ3n) is 3.19. The summed E-state index contributed by atoms with van der Waals surface area (Å²) in [5.41, 5.74) is 0. The molecule has 1 fully saturated rings. The minimum atomic E-state index is -1.72. The van der Waals surface area contributed by atoms with Crippen LogP contribution < -0.4 is 0 Å². The summed E-state index contributed by atoms with van der Waals surface area (Å²) in [6.07, 6.45) is 5.45. The molecular formula is C14H30O3Si2. The summed E-state index contributed by atoms with van der Waals surface area (Å²) in [7, 11) is -3.14. The van der Waals surface area contributed by atoms with Crippen molar-refractivity contribution in [3.05, 3.63) is 0 Å². The molecule has 0 aliphatic heterocycles. The van der Waals surface area contributed by atoms with Crippen molar-refractivity contribution in [3.8, 4) is 0 Å². The third kappa shape index (κ3) is 7.89. The molecule has 19 heavy (non-hydrogen) atoms. The van der Waals surface area contributed by atoms with Crippen molar-refractivity contribution in [2.45, 2.75) is 77.5 Å². The van der Waals surface area contributed by atoms with E-state index in [2.05, 4.69) is 39.3 Å². The molecule has 3 nitrogen and oxygen atoms in total. The highest BCUT2D eigenvalue weighted by Gasteiger charge is 2.28. The Balaban J connectivity index is 2.29. The number of carbonyl (C=O) groups excluding carboxylic acids is 1. The van der Waals surface area contributed by atoms with Crippen molar-refractivity contribution >= 4 is 22.6 Å². The Bertz CT molecular complexity index is 297. The van der Waals surface area contributed by atoms with E-state index >= 15 is 0 Å². The second kappa shape index (κ2) is 6.54. The van der Waals surface area contributed by atoms with Crippen LogP contribution >= 0.6 is 0 Å². The van der Waals surface area contributed by atoms with Gasteiger partial charge < -0.3 is 8.85 Å². The van der Waals surface area contributed by atoms with Gasteiger partial charge in [0.25, 0.3) is 5.97 Å². The van der Waals surface area contributed by atoms with Crippen molar-refractivity contribution < 1.29 is 13.6 Å². The molecule has 1 rings (SSSR count). The maximum atomic E-state index is 11.8. The summed E-state index contributed by atoms with van der Waals surface area (Å²) in [5.74, 6) is 0.513. The molecule has 0 amide bonds. The maximum Gasteiger partial charge on any atom is 0.292 e. The highest BCUT2D eigenvalue weighted by atomic mass is 28.4. The highest BCUT2D eigenvalue weighted by Crippen LogP contribution is 2.30. The predicted octanol–water partition coefficient (Wildman–Crippen LogP) is 4.16. The van der Waals surface area contributed by atoms with Crippen LogP contribution in [0.5, 0.6) is 0 Å². The molecule has 112 valence electrons. The molecule has 0 bridgehead atoms. The van der Waals surface area contributed by atoms with Crippen LogP contribution in [0.4, 0.5) is 0 Å². The fourth-order valence-electron chi connectivity index (χ4n) is 2.57. The molecule has 0 saturated heterocycles. The lowest BCUT2D eigenvalue weighted by Crippen LogP contribution is -2.35. The number of hydrogen-bond acceptors (Lipinski definition) is 3. The predicted molar refractivity (Wildman–Crippen MR) is 84.2 cm³/mol. The number of carbonyl (C=O) groups is 1. The Morgan fingerprint density at radius 2 is 1.47 bits per heavy atom. The molecular weight excluding hydrogens is 272 g/mol. The molecule has 0 N–H and O–H groups in total. The summed E-state index contributed by atoms with van der Waals surface area (Å²) in [5, 5.41) is 0. The highest BCUT2D eigenvalue weighted by molar-refractivity contribution is 6.71. The maximum absolute atomic E-state index is 11.8. The molecule has 0 aromatic rings. The normalized spacial score (nSPS) is 25.2. The van der Waals surface area contributed by atoms with Crippen LogP contribution in [-0.2, 0) is 13.6 Å². The van der Waals surface area contributed by atoms with Crippen molar-refractivity contribution in [2.24, 2.45) is 5.92 Å². The van der Waals surface area contributed by atoms with Gasteiger partial charge in [-0.05, 0) is 70.9 Å². The first-order chi connectivity index (χ1) is 8.55. The molecule has 0 spiro atoms. The van der Waals surface area contributed by atoms with E-state index in [-0.39, 0.29) is 5.97 Å². The van der Waals surface area contributed by atoms with Crippen LogP contribution in [0.2, 0.25) is 39.3 Å². The SMILES string of the molecule is C[Si](C)(C)OC(=O)CC1CCC(O[Si](C)(C)C)CC1. The van der Waals surface area contributed by atoms with Crippen LogP contribution in [0.3, 0.4) is 0 Å². The molecule has 0 unspecified atom stereocenters. The van der Waals surface area contributed by atoms with Crippen LogP contribution in [0.25, 0.3) is 0 Å². The number of hydrogen-bond donors (Lipinski definition) is 0. The molecule has 1 aliphatic carbocycles. The topological polar surface area (TPSA) is 35.5 Å². The summed E-state index contributed by atoms with van der Waals surface area (Å²) in [6, 6.07) is 0. The first-order valence-corrected chi connectivity index (χ1v) is 14.3. The Hall–Kier alpha value is -0.136. The zero-order valence-electron chi connectivity index (χ0n) is 13.4. The van der Waals surface area contributed by atoms with E-state index in [1.807, 2.05) is 0 Å². The lowest BCUT2D eigenvalue weighted by atomic mass is 9.85. The Labute approximate surface area is 120 Å². The van der Waals surface area contributed by atoms with Gasteiger partial charge in [-0.3, -0.25) is 4.79 Å². The van der Waals surface area contributed by atoms with Crippen LogP contribution in [0, 0.1) is 5.92 Å². The van der Waals surface area contributed by atoms with Crippen LogP contribution in [-0.4, -0.2) is 28.7 Å². The fourth-order valence-corrected chi connectivity index (χ4v) is 4.57. The van der Waals surface area contributed by atoms with Crippen molar-refractivity contribution in [1.82, 2.24) is 0 Å². The first kappa shape index (κ1) is 16.9. The smallest absolute Gasteiger partial charge is 0.292 e. The molecule has 1 aliphatic rings. The van der Waals surface area contributed by atoms with E-state index in [0.29, 0.717) is 18.4 Å². The second-order valence-electron chi connectivity index (χ2n) is 7.66. The van der Waals surface area contributed by atoms with Gasteiger partial charge in [0.2, 0.25) is 8.32 Å². The van der Waals surface area contributed by atoms with E-state index in [0.717, 1.165) is 25.7 Å². The summed E-state index contributed by atoms with van der Waals surface area (Å²) < 4.78 is 11.7. The zero-order valence-corrected chi connectivity index (χ0v) is 15.4. The summed E-state index contributed by atoms with van der Waals surface area (Å²) >= 11 is 0. The molecule has 0 heterocycles. The van der Waals surface area contributed by atoms with E-state index < -0.39 is 16.6 Å². The van der Waals surface area contributed by atoms with Gasteiger partial charge in [-0.25, -0.2) is 0 Å². The molecule has 0 radical (unpaired) electrons. The van der Waals surface area contributed by atoms with Gasteiger partial charge in [0.1, 0.15) is 0 Å². The molecule has 0 atom stereocenters. The lowest BCUT2D eigenvalue weighted by Gasteiger charge is -2.33. The third-order valence-corrected chi connectivity index (χ3v) is 5.07. The fraction of sp³-hybridized carbons (Fsp3) is 0.929. The van der Waals surface area contributed by atoms with Crippen molar-refractivity contribution in [1.29, 1.82) is 0 Å². The lowest BCUT2D eigenvalue weighted by molar-refractivity contribution is -0.136. The van der Waals surface area contributed by atoms with Crippen molar-refractivity contribution in [2.75, 3.05) is 0 Å². The standard InChI is InChI=1S/C14H30O3Si2/c1-18(2,3)16-13-9-7-12(8-10-13)11-14(15)17-19(4,5)6/h12-13H,7-11H2,1-6H3. The van der Waals surface area contributed by atoms with E-state index in [1.54, 1.807) is 0 Å². The van der Waals surface area contributed by atoms with Gasteiger partial charge in [0, 0.05) is 12.5 Å². The zero-order chi connectivity index (χ0) is 14.7. The van der Waals surface area contributed by atoms with Gasteiger partial charge in [-0.2, -0.15) is 0 Å². The molecule has 0 aromatic heterocycles. The summed E-state index contributed by atoms with van der Waals surface area (Å²) in [6.45, 7) is 12.9. The Morgan fingerprint density at radius 3 is 1.89 bits per heavy atom. The van der Waals surface area contributed by atoms with Gasteiger partial charge in [0.15, 0.2) is 8.32 Å². The Morgan fingerprint density at radius 1 is 0.947 bits per heavy atom. The van der Waals surface area contributed by atoms with Crippen molar-refractivity contribution in [3.63, 3.8) is 0 Å². The Kier molecular flexibility index (Phi) is 5.83. The number of rotatable bonds is 5. The van der Waals surface area contributed by atoms with Crippen LogP contribution in [0.1, 0.15) is 32.1 Å². The monoisotopic (exact) mass is 302 g/mol. The average molecular weight is 303 g/mol. The second-order valence-corrected chi connectivity index (χ2v) is 16.6. The molecule has 1 saturated carbocycles. The van der Waals surface area contributed by atoms with Gasteiger partial charge in [0.05, 0.1) is 0 Å². The summed E-state index contributed by atoms with van der Waals surface area (Å²) in [4.78, 5) is 11.8. The van der Waals surface area contributed by atoms with E-state index in [4.69, 9.17) is 8.85 Å². The van der Waals surface area contributed by atoms with Crippen LogP contribution in [0.15, 0.2) is 0 Å². The minimum absolute atomic E-state index is 0.00808. The minimum Gasteiger partial charge on any atom is -0.520 e. The largest absolute Gasteiger partial charge is 0.520 e. The quantitative estimate of drug-likeness (QED) is 0.715. The first-order valence-electron chi connectivity index (χ1n) is 7.45. The van der Waals surface area contributed by atoms with Gasteiger partial charge in [-0.1, -0.05) is 0 Å². The van der Waals surface area contributed by atoms with E-state index in [9.17, 15) is 4.79 Å². The molecule has 0 aromatic carbocycles. The average Bonchev–Trinajstić information content (AvgIpc) is 2.15.